The third-order valence-corrected chi connectivity index (χ3v) is 3.17. The van der Waals surface area contributed by atoms with Gasteiger partial charge in [-0.3, -0.25) is 5.43 Å². The summed E-state index contributed by atoms with van der Waals surface area (Å²) in [6.07, 6.45) is 3.22. The van der Waals surface area contributed by atoms with Crippen molar-refractivity contribution >= 4 is 39.5 Å². The molecule has 1 rings (SSSR count). The molecule has 0 aromatic heterocycles. The first kappa shape index (κ1) is 15.5. The summed E-state index contributed by atoms with van der Waals surface area (Å²) in [6, 6.07) is 3.41. The number of aromatic hydroxyl groups is 1. The largest absolute Gasteiger partial charge is 0.503 e. The molecule has 3 N–H and O–H groups in total. The van der Waals surface area contributed by atoms with Gasteiger partial charge in [-0.2, -0.15) is 5.10 Å². The Labute approximate surface area is 125 Å². The van der Waals surface area contributed by atoms with E-state index >= 15 is 0 Å². The minimum Gasteiger partial charge on any atom is -0.503 e. The zero-order chi connectivity index (χ0) is 14.3. The molecule has 0 unspecified atom stereocenters. The number of phenolic OH excluding ortho intramolecular Hbond substituents is 1. The van der Waals surface area contributed by atoms with Crippen LogP contribution in [0.3, 0.4) is 0 Å². The first-order valence-electron chi connectivity index (χ1n) is 5.33. The van der Waals surface area contributed by atoms with E-state index in [-0.39, 0.29) is 5.75 Å². The van der Waals surface area contributed by atoms with Crippen LogP contribution in [0.4, 0.5) is 0 Å². The normalized spacial score (nSPS) is 10.2. The number of hydrogen-bond acceptors (Lipinski definition) is 4. The number of thiocarbonyl (C=S) groups is 1. The number of phenols is 1. The smallest absolute Gasteiger partial charge is 0.187 e. The maximum atomic E-state index is 9.80. The summed E-state index contributed by atoms with van der Waals surface area (Å²) in [7, 11) is 1.49. The number of hydrogen-bond donors (Lipinski definition) is 3. The molecule has 1 aromatic rings. The van der Waals surface area contributed by atoms with Gasteiger partial charge in [0, 0.05) is 12.1 Å². The number of nitrogens with zero attached hydrogens (tertiary/aromatic N) is 1. The van der Waals surface area contributed by atoms with Gasteiger partial charge in [0.15, 0.2) is 16.6 Å². The van der Waals surface area contributed by atoms with Crippen LogP contribution in [0, 0.1) is 0 Å². The zero-order valence-corrected chi connectivity index (χ0v) is 12.7. The van der Waals surface area contributed by atoms with Crippen molar-refractivity contribution in [3.63, 3.8) is 0 Å². The lowest BCUT2D eigenvalue weighted by Crippen LogP contribution is -2.31. The van der Waals surface area contributed by atoms with E-state index in [1.807, 2.05) is 0 Å². The van der Waals surface area contributed by atoms with Gasteiger partial charge in [0.1, 0.15) is 0 Å². The predicted octanol–water partition coefficient (Wildman–Crippen LogP) is 2.15. The van der Waals surface area contributed by atoms with Crippen LogP contribution in [0.5, 0.6) is 11.5 Å². The Morgan fingerprint density at radius 1 is 1.63 bits per heavy atom. The molecule has 0 atom stereocenters. The van der Waals surface area contributed by atoms with E-state index < -0.39 is 0 Å². The Kier molecular flexibility index (Phi) is 6.31. The van der Waals surface area contributed by atoms with Crippen molar-refractivity contribution in [3.8, 4) is 11.5 Å². The molecular formula is C12H14BrN3O2S. The van der Waals surface area contributed by atoms with Gasteiger partial charge < -0.3 is 15.2 Å². The first-order valence-corrected chi connectivity index (χ1v) is 6.53. The first-order chi connectivity index (χ1) is 9.10. The van der Waals surface area contributed by atoms with Gasteiger partial charge >= 0.3 is 0 Å². The molecule has 0 radical (unpaired) electrons. The van der Waals surface area contributed by atoms with Crippen molar-refractivity contribution in [1.29, 1.82) is 0 Å². The van der Waals surface area contributed by atoms with Crippen LogP contribution in [0.1, 0.15) is 5.56 Å². The summed E-state index contributed by atoms with van der Waals surface area (Å²) in [5.41, 5.74) is 3.34. The van der Waals surface area contributed by atoms with Crippen molar-refractivity contribution in [2.75, 3.05) is 13.7 Å². The van der Waals surface area contributed by atoms with Crippen molar-refractivity contribution in [3.05, 3.63) is 34.8 Å². The fraction of sp³-hybridized carbons (Fsp3) is 0.167. The lowest BCUT2D eigenvalue weighted by molar-refractivity contribution is 0.372. The summed E-state index contributed by atoms with van der Waals surface area (Å²) < 4.78 is 5.49. The van der Waals surface area contributed by atoms with Crippen LogP contribution in [0.15, 0.2) is 34.4 Å². The van der Waals surface area contributed by atoms with E-state index in [0.717, 1.165) is 0 Å². The van der Waals surface area contributed by atoms with E-state index in [1.165, 1.54) is 13.3 Å². The van der Waals surface area contributed by atoms with Crippen molar-refractivity contribution in [2.45, 2.75) is 0 Å². The van der Waals surface area contributed by atoms with E-state index in [9.17, 15) is 5.11 Å². The van der Waals surface area contributed by atoms with Gasteiger partial charge in [-0.15, -0.1) is 6.58 Å². The topological polar surface area (TPSA) is 65.9 Å². The Balaban J connectivity index is 2.70. The Morgan fingerprint density at radius 3 is 3.00 bits per heavy atom. The highest BCUT2D eigenvalue weighted by atomic mass is 79.9. The third kappa shape index (κ3) is 4.53. The second-order valence-corrected chi connectivity index (χ2v) is 4.59. The van der Waals surface area contributed by atoms with Crippen molar-refractivity contribution in [2.24, 2.45) is 5.10 Å². The Hall–Kier alpha value is -1.60. The van der Waals surface area contributed by atoms with E-state index in [4.69, 9.17) is 17.0 Å². The maximum Gasteiger partial charge on any atom is 0.187 e. The molecule has 5 nitrogen and oxygen atoms in total. The molecule has 0 saturated heterocycles. The summed E-state index contributed by atoms with van der Waals surface area (Å²) >= 11 is 8.24. The second kappa shape index (κ2) is 7.75. The highest BCUT2D eigenvalue weighted by Gasteiger charge is 2.09. The van der Waals surface area contributed by atoms with E-state index in [2.05, 4.69) is 38.4 Å². The molecule has 7 heteroatoms. The second-order valence-electron chi connectivity index (χ2n) is 3.39. The fourth-order valence-electron chi connectivity index (χ4n) is 1.19. The van der Waals surface area contributed by atoms with E-state index in [0.29, 0.717) is 27.4 Å². The SMILES string of the molecule is C=CCNC(=S)N/N=C/c1ccc(OC)c(O)c1Br. The molecule has 19 heavy (non-hydrogen) atoms. The van der Waals surface area contributed by atoms with Gasteiger partial charge in [0.2, 0.25) is 0 Å². The van der Waals surface area contributed by atoms with E-state index in [1.54, 1.807) is 18.2 Å². The Bertz CT molecular complexity index is 506. The molecule has 0 amide bonds. The summed E-state index contributed by atoms with van der Waals surface area (Å²) in [6.45, 7) is 4.13. The van der Waals surface area contributed by atoms with Gasteiger partial charge in [-0.05, 0) is 40.3 Å². The van der Waals surface area contributed by atoms with Crippen LogP contribution in [0.2, 0.25) is 0 Å². The molecule has 0 aliphatic rings. The standard InChI is InChI=1S/C12H14BrN3O2S/c1-3-6-14-12(19)16-15-7-8-4-5-9(18-2)11(17)10(8)13/h3-5,7,17H,1,6H2,2H3,(H2,14,16,19)/b15-7+. The monoisotopic (exact) mass is 343 g/mol. The van der Waals surface area contributed by atoms with Crippen LogP contribution in [0.25, 0.3) is 0 Å². The maximum absolute atomic E-state index is 9.80. The quantitative estimate of drug-likeness (QED) is 0.331. The van der Waals surface area contributed by atoms with Crippen molar-refractivity contribution < 1.29 is 9.84 Å². The lowest BCUT2D eigenvalue weighted by atomic mass is 10.2. The average molecular weight is 344 g/mol. The van der Waals surface area contributed by atoms with Crippen LogP contribution in [-0.4, -0.2) is 30.1 Å². The number of nitrogens with one attached hydrogen (secondary N) is 2. The summed E-state index contributed by atoms with van der Waals surface area (Å²) in [5.74, 6) is 0.416. The molecule has 0 aliphatic heterocycles. The molecule has 0 fully saturated rings. The molecular weight excluding hydrogens is 330 g/mol. The zero-order valence-electron chi connectivity index (χ0n) is 10.3. The van der Waals surface area contributed by atoms with Crippen LogP contribution >= 0.6 is 28.1 Å². The summed E-state index contributed by atoms with van der Waals surface area (Å²) in [4.78, 5) is 0. The summed E-state index contributed by atoms with van der Waals surface area (Å²) in [5, 5.41) is 17.0. The van der Waals surface area contributed by atoms with Gasteiger partial charge in [-0.1, -0.05) is 6.08 Å². The minimum atomic E-state index is 0.0267. The molecule has 0 saturated carbocycles. The lowest BCUT2D eigenvalue weighted by Gasteiger charge is -2.07. The molecule has 102 valence electrons. The average Bonchev–Trinajstić information content (AvgIpc) is 2.41. The predicted molar refractivity (Wildman–Crippen MR) is 83.9 cm³/mol. The molecule has 1 aromatic carbocycles. The van der Waals surface area contributed by atoms with Crippen LogP contribution in [-0.2, 0) is 0 Å². The number of rotatable bonds is 5. The number of ether oxygens (including phenoxy) is 1. The number of benzene rings is 1. The minimum absolute atomic E-state index is 0.0267. The van der Waals surface area contributed by atoms with Gasteiger partial charge in [0.25, 0.3) is 0 Å². The molecule has 0 bridgehead atoms. The van der Waals surface area contributed by atoms with Crippen molar-refractivity contribution in [1.82, 2.24) is 10.7 Å². The van der Waals surface area contributed by atoms with Gasteiger partial charge in [0.05, 0.1) is 17.8 Å². The van der Waals surface area contributed by atoms with Crippen LogP contribution < -0.4 is 15.5 Å². The molecule has 0 spiro atoms. The third-order valence-electron chi connectivity index (χ3n) is 2.11. The Morgan fingerprint density at radius 2 is 2.37 bits per heavy atom. The number of halogens is 1. The fourth-order valence-corrected chi connectivity index (χ4v) is 1.76. The van der Waals surface area contributed by atoms with Gasteiger partial charge in [-0.25, -0.2) is 0 Å². The number of hydrazone groups is 1. The molecule has 0 heterocycles. The highest BCUT2D eigenvalue weighted by Crippen LogP contribution is 2.35. The molecule has 0 aliphatic carbocycles. The number of methoxy groups -OCH3 is 1. The highest BCUT2D eigenvalue weighted by molar-refractivity contribution is 9.10.